The van der Waals surface area contributed by atoms with E-state index in [1.54, 1.807) is 3.58 Å². The number of ether oxygens (including phenoxy) is 1. The van der Waals surface area contributed by atoms with Gasteiger partial charge in [-0.05, 0) is 0 Å². The quantitative estimate of drug-likeness (QED) is 0.327. The summed E-state index contributed by atoms with van der Waals surface area (Å²) in [5.41, 5.74) is 2.41. The van der Waals surface area contributed by atoms with Gasteiger partial charge in [-0.15, -0.1) is 0 Å². The van der Waals surface area contributed by atoms with E-state index in [-0.39, 0.29) is 6.23 Å². The Morgan fingerprint density at radius 1 is 1.00 bits per heavy atom. The van der Waals surface area contributed by atoms with E-state index in [0.717, 1.165) is 13.0 Å². The molecule has 2 aromatic heterocycles. The first-order chi connectivity index (χ1) is 14.2. The average molecular weight is 506 g/mol. The normalized spacial score (nSPS) is 17.9. The summed E-state index contributed by atoms with van der Waals surface area (Å²) in [5.74, 6) is 0. The Bertz CT molecular complexity index is 745. The third kappa shape index (κ3) is 5.17. The van der Waals surface area contributed by atoms with Gasteiger partial charge in [0.1, 0.15) is 0 Å². The van der Waals surface area contributed by atoms with E-state index in [0.29, 0.717) is 0 Å². The third-order valence-corrected chi connectivity index (χ3v) is 22.4. The van der Waals surface area contributed by atoms with E-state index in [1.807, 2.05) is 6.20 Å². The number of fused-ring (bicyclic) bond motifs is 1. The second-order valence-corrected chi connectivity index (χ2v) is 22.2. The molecule has 29 heavy (non-hydrogen) atoms. The monoisotopic (exact) mass is 507 g/mol. The maximum absolute atomic E-state index is 6.10. The molecule has 1 aliphatic rings. The minimum absolute atomic E-state index is 0.0866. The number of hydrogen-bond acceptors (Lipinski definition) is 3. The molecule has 0 bridgehead atoms. The van der Waals surface area contributed by atoms with Gasteiger partial charge in [0.2, 0.25) is 0 Å². The van der Waals surface area contributed by atoms with Crippen LogP contribution in [0.25, 0.3) is 10.9 Å². The van der Waals surface area contributed by atoms with Gasteiger partial charge in [0.15, 0.2) is 0 Å². The molecule has 2 aromatic rings. The summed E-state index contributed by atoms with van der Waals surface area (Å²) < 4.78 is 14.3. The number of nitrogens with zero attached hydrogens (tertiary/aromatic N) is 3. The SMILES string of the molecule is CCC[CH2][Sn]([CH2]CCC)([CH2]CCC)[c]1cncc2c1c(C)nn2C1CCCCO1. The molecule has 0 amide bonds. The fourth-order valence-corrected chi connectivity index (χ4v) is 21.8. The summed E-state index contributed by atoms with van der Waals surface area (Å²) in [4.78, 5) is 4.81. The van der Waals surface area contributed by atoms with Crippen molar-refractivity contribution in [1.82, 2.24) is 14.8 Å². The van der Waals surface area contributed by atoms with Crippen LogP contribution in [0.4, 0.5) is 0 Å². The summed E-state index contributed by atoms with van der Waals surface area (Å²) in [6.45, 7) is 10.1. The van der Waals surface area contributed by atoms with Crippen LogP contribution in [0.3, 0.4) is 0 Å². The van der Waals surface area contributed by atoms with E-state index >= 15 is 0 Å². The van der Waals surface area contributed by atoms with Gasteiger partial charge in [-0.1, -0.05) is 0 Å². The Kier molecular flexibility index (Phi) is 8.84. The van der Waals surface area contributed by atoms with E-state index in [1.165, 1.54) is 81.3 Å². The van der Waals surface area contributed by atoms with Crippen molar-refractivity contribution in [1.29, 1.82) is 0 Å². The van der Waals surface area contributed by atoms with Gasteiger partial charge in [0, 0.05) is 0 Å². The molecule has 0 saturated carbocycles. The molecule has 1 unspecified atom stereocenters. The van der Waals surface area contributed by atoms with Gasteiger partial charge in [-0.25, -0.2) is 0 Å². The van der Waals surface area contributed by atoms with Crippen LogP contribution in [0.5, 0.6) is 0 Å². The fourth-order valence-electron chi connectivity index (χ4n) is 5.13. The van der Waals surface area contributed by atoms with Gasteiger partial charge in [-0.3, -0.25) is 0 Å². The van der Waals surface area contributed by atoms with Gasteiger partial charge in [0.25, 0.3) is 0 Å². The minimum atomic E-state index is -2.57. The molecular weight excluding hydrogens is 465 g/mol. The number of aryl methyl sites for hydroxylation is 1. The number of unbranched alkanes of at least 4 members (excludes halogenated alkanes) is 3. The Hall–Kier alpha value is -0.621. The topological polar surface area (TPSA) is 39.9 Å². The zero-order chi connectivity index (χ0) is 20.7. The summed E-state index contributed by atoms with van der Waals surface area (Å²) in [6, 6.07) is 0. The van der Waals surface area contributed by atoms with Crippen LogP contribution in [0.1, 0.15) is 90.5 Å². The molecule has 0 radical (unpaired) electrons. The first-order valence-electron chi connectivity index (χ1n) is 12.1. The van der Waals surface area contributed by atoms with Crippen molar-refractivity contribution in [3.63, 3.8) is 0 Å². The Balaban J connectivity index is 2.10. The average Bonchev–Trinajstić information content (AvgIpc) is 3.11. The Morgan fingerprint density at radius 3 is 2.21 bits per heavy atom. The summed E-state index contributed by atoms with van der Waals surface area (Å²) in [7, 11) is 0. The van der Waals surface area contributed by atoms with Gasteiger partial charge >= 0.3 is 182 Å². The number of aromatic nitrogens is 3. The van der Waals surface area contributed by atoms with Crippen LogP contribution in [-0.2, 0) is 4.74 Å². The summed E-state index contributed by atoms with van der Waals surface area (Å²) >= 11 is -2.57. The Morgan fingerprint density at radius 2 is 1.66 bits per heavy atom. The molecule has 1 fully saturated rings. The van der Waals surface area contributed by atoms with Crippen molar-refractivity contribution in [3.8, 4) is 0 Å². The van der Waals surface area contributed by atoms with Gasteiger partial charge in [0.05, 0.1) is 0 Å². The number of rotatable bonds is 11. The van der Waals surface area contributed by atoms with E-state index in [9.17, 15) is 0 Å². The van der Waals surface area contributed by atoms with E-state index in [4.69, 9.17) is 14.8 Å². The predicted octanol–water partition coefficient (Wildman–Crippen LogP) is 6.49. The van der Waals surface area contributed by atoms with Crippen LogP contribution < -0.4 is 3.58 Å². The summed E-state index contributed by atoms with van der Waals surface area (Å²) in [5, 5.41) is 6.45. The van der Waals surface area contributed by atoms with Crippen molar-refractivity contribution in [2.75, 3.05) is 6.61 Å². The predicted molar refractivity (Wildman–Crippen MR) is 126 cm³/mol. The molecule has 3 heterocycles. The van der Waals surface area contributed by atoms with Crippen LogP contribution in [0, 0.1) is 6.92 Å². The second kappa shape index (κ2) is 11.1. The molecule has 0 aliphatic carbocycles. The van der Waals surface area contributed by atoms with Crippen molar-refractivity contribution in [3.05, 3.63) is 18.1 Å². The second-order valence-electron chi connectivity index (χ2n) is 9.02. The van der Waals surface area contributed by atoms with Gasteiger partial charge < -0.3 is 0 Å². The van der Waals surface area contributed by atoms with Crippen molar-refractivity contribution in [2.45, 2.75) is 105 Å². The summed E-state index contributed by atoms with van der Waals surface area (Å²) in [6.07, 6.45) is 15.9. The molecule has 1 atom stereocenters. The molecular formula is C24H41N3OSn. The van der Waals surface area contributed by atoms with Crippen molar-refractivity contribution >= 4 is 32.9 Å². The standard InChI is InChI=1S/C12H14N3O.3C4H9.Sn/c1-9-10-5-6-13-8-11(10)15(14-9)12-4-2-3-7-16-12;3*1-3-4-2;/h6,8,12H,2-4,7H2,1H3;3*1,3-4H2,2H3;. The van der Waals surface area contributed by atoms with E-state index < -0.39 is 18.4 Å². The molecule has 5 heteroatoms. The molecule has 162 valence electrons. The van der Waals surface area contributed by atoms with E-state index in [2.05, 4.69) is 38.6 Å². The maximum atomic E-state index is 6.10. The molecule has 4 nitrogen and oxygen atoms in total. The first kappa shape index (κ1) is 23.1. The molecule has 3 rings (SSSR count). The fraction of sp³-hybridized carbons (Fsp3) is 0.750. The number of hydrogen-bond donors (Lipinski definition) is 0. The molecule has 0 aromatic carbocycles. The van der Waals surface area contributed by atoms with Crippen LogP contribution >= 0.6 is 0 Å². The zero-order valence-electron chi connectivity index (χ0n) is 19.2. The van der Waals surface area contributed by atoms with Crippen LogP contribution in [-0.4, -0.2) is 39.7 Å². The molecule has 0 spiro atoms. The van der Waals surface area contributed by atoms with Crippen molar-refractivity contribution < 1.29 is 4.74 Å². The number of pyridine rings is 1. The molecule has 0 N–H and O–H groups in total. The zero-order valence-corrected chi connectivity index (χ0v) is 22.0. The van der Waals surface area contributed by atoms with Crippen LogP contribution in [0.2, 0.25) is 13.3 Å². The third-order valence-electron chi connectivity index (χ3n) is 6.82. The van der Waals surface area contributed by atoms with Crippen LogP contribution in [0.15, 0.2) is 12.4 Å². The Labute approximate surface area is 181 Å². The van der Waals surface area contributed by atoms with Crippen molar-refractivity contribution in [2.24, 2.45) is 0 Å². The molecule has 1 aliphatic heterocycles. The first-order valence-corrected chi connectivity index (χ1v) is 19.6. The molecule has 1 saturated heterocycles. The van der Waals surface area contributed by atoms with Gasteiger partial charge in [-0.2, -0.15) is 0 Å².